The minimum absolute atomic E-state index is 0.188. The van der Waals surface area contributed by atoms with E-state index in [9.17, 15) is 4.79 Å². The zero-order valence-electron chi connectivity index (χ0n) is 16.4. The highest BCUT2D eigenvalue weighted by Gasteiger charge is 2.20. The average molecular weight is 391 g/mol. The maximum atomic E-state index is 12.1. The number of esters is 1. The lowest BCUT2D eigenvalue weighted by Crippen LogP contribution is -2.12. The number of ether oxygens (including phenoxy) is 3. The van der Waals surface area contributed by atoms with Crippen molar-refractivity contribution in [2.45, 2.75) is 38.1 Å². The summed E-state index contributed by atoms with van der Waals surface area (Å²) in [7, 11) is 3.00. The minimum atomic E-state index is -0.403. The van der Waals surface area contributed by atoms with Crippen molar-refractivity contribution >= 4 is 17.7 Å². The van der Waals surface area contributed by atoms with E-state index in [1.54, 1.807) is 7.11 Å². The van der Waals surface area contributed by atoms with E-state index in [1.807, 2.05) is 45.0 Å². The monoisotopic (exact) mass is 390 g/mol. The van der Waals surface area contributed by atoms with Gasteiger partial charge in [-0.1, -0.05) is 13.8 Å². The standard InChI is InChI=1S/C20H26N2O4S/c1-13(2)18-21-14(3)17(20(23)25-5)19(22-18)27-12-6-11-26-16-9-7-15(24-4)8-10-16/h7-10,13H,6,11-12H2,1-5H3. The molecule has 6 nitrogen and oxygen atoms in total. The van der Waals surface area contributed by atoms with E-state index in [2.05, 4.69) is 9.97 Å². The first-order chi connectivity index (χ1) is 13.0. The quantitative estimate of drug-likeness (QED) is 0.274. The van der Waals surface area contributed by atoms with Crippen LogP contribution in [0.1, 0.15) is 48.1 Å². The lowest BCUT2D eigenvalue weighted by atomic mass is 10.2. The molecule has 0 aliphatic rings. The molecule has 0 saturated heterocycles. The number of aryl methyl sites for hydroxylation is 1. The van der Waals surface area contributed by atoms with E-state index >= 15 is 0 Å². The molecule has 0 fully saturated rings. The highest BCUT2D eigenvalue weighted by Crippen LogP contribution is 2.26. The summed E-state index contributed by atoms with van der Waals surface area (Å²) in [6.07, 6.45) is 0.817. The number of benzene rings is 1. The van der Waals surface area contributed by atoms with Crippen molar-refractivity contribution in [3.05, 3.63) is 41.3 Å². The van der Waals surface area contributed by atoms with Crippen LogP contribution in [0.4, 0.5) is 0 Å². The van der Waals surface area contributed by atoms with E-state index < -0.39 is 5.97 Å². The molecule has 0 atom stereocenters. The van der Waals surface area contributed by atoms with Gasteiger partial charge in [-0.2, -0.15) is 0 Å². The van der Waals surface area contributed by atoms with Crippen LogP contribution in [0.15, 0.2) is 29.3 Å². The van der Waals surface area contributed by atoms with E-state index in [4.69, 9.17) is 14.2 Å². The Labute approximate surface area is 164 Å². The van der Waals surface area contributed by atoms with Crippen LogP contribution in [-0.2, 0) is 4.74 Å². The van der Waals surface area contributed by atoms with Gasteiger partial charge in [0.25, 0.3) is 0 Å². The first kappa shape index (κ1) is 21.0. The molecule has 1 aromatic heterocycles. The van der Waals surface area contributed by atoms with Crippen molar-refractivity contribution in [3.8, 4) is 11.5 Å². The van der Waals surface area contributed by atoms with Crippen molar-refractivity contribution < 1.29 is 19.0 Å². The maximum absolute atomic E-state index is 12.1. The summed E-state index contributed by atoms with van der Waals surface area (Å²) < 4.78 is 15.8. The van der Waals surface area contributed by atoms with Crippen LogP contribution in [0.2, 0.25) is 0 Å². The van der Waals surface area contributed by atoms with Gasteiger partial charge in [-0.15, -0.1) is 11.8 Å². The van der Waals surface area contributed by atoms with Crippen molar-refractivity contribution in [3.63, 3.8) is 0 Å². The second-order valence-electron chi connectivity index (χ2n) is 6.22. The fraction of sp³-hybridized carbons (Fsp3) is 0.450. The summed E-state index contributed by atoms with van der Waals surface area (Å²) in [5.41, 5.74) is 1.10. The van der Waals surface area contributed by atoms with Gasteiger partial charge >= 0.3 is 5.97 Å². The summed E-state index contributed by atoms with van der Waals surface area (Å²) in [5, 5.41) is 0.669. The zero-order chi connectivity index (χ0) is 19.8. The number of hydrogen-bond acceptors (Lipinski definition) is 7. The van der Waals surface area contributed by atoms with Crippen molar-refractivity contribution in [1.29, 1.82) is 0 Å². The normalized spacial score (nSPS) is 10.7. The molecule has 146 valence electrons. The smallest absolute Gasteiger partial charge is 0.342 e. The molecule has 7 heteroatoms. The number of methoxy groups -OCH3 is 2. The van der Waals surface area contributed by atoms with E-state index in [0.29, 0.717) is 22.9 Å². The number of carbonyl (C=O) groups is 1. The SMILES string of the molecule is COC(=O)c1c(C)nc(C(C)C)nc1SCCCOc1ccc(OC)cc1. The van der Waals surface area contributed by atoms with Crippen LogP contribution in [0.5, 0.6) is 11.5 Å². The Bertz CT molecular complexity index is 763. The van der Waals surface area contributed by atoms with Crippen molar-refractivity contribution in [2.24, 2.45) is 0 Å². The number of carbonyl (C=O) groups excluding carboxylic acids is 1. The molecule has 0 amide bonds. The van der Waals surface area contributed by atoms with Crippen molar-refractivity contribution in [1.82, 2.24) is 9.97 Å². The molecule has 2 rings (SSSR count). The van der Waals surface area contributed by atoms with Gasteiger partial charge in [-0.3, -0.25) is 0 Å². The molecule has 0 unspecified atom stereocenters. The second kappa shape index (κ2) is 10.2. The first-order valence-electron chi connectivity index (χ1n) is 8.82. The Morgan fingerprint density at radius 1 is 1.11 bits per heavy atom. The number of rotatable bonds is 9. The Morgan fingerprint density at radius 2 is 1.78 bits per heavy atom. The van der Waals surface area contributed by atoms with Gasteiger partial charge in [0, 0.05) is 11.7 Å². The third kappa shape index (κ3) is 5.85. The molecule has 0 N–H and O–H groups in total. The van der Waals surface area contributed by atoms with Gasteiger partial charge in [-0.25, -0.2) is 14.8 Å². The van der Waals surface area contributed by atoms with Crippen LogP contribution in [0.25, 0.3) is 0 Å². The predicted molar refractivity (Wildman–Crippen MR) is 106 cm³/mol. The molecule has 1 aromatic carbocycles. The predicted octanol–water partition coefficient (Wildman–Crippen LogP) is 4.26. The molecule has 27 heavy (non-hydrogen) atoms. The number of thioether (sulfide) groups is 1. The van der Waals surface area contributed by atoms with Gasteiger partial charge in [0.15, 0.2) is 0 Å². The molecule has 0 aliphatic heterocycles. The fourth-order valence-electron chi connectivity index (χ4n) is 2.36. The van der Waals surface area contributed by atoms with E-state index in [-0.39, 0.29) is 5.92 Å². The highest BCUT2D eigenvalue weighted by atomic mass is 32.2. The molecule has 0 saturated carbocycles. The van der Waals surface area contributed by atoms with Crippen LogP contribution in [0.3, 0.4) is 0 Å². The zero-order valence-corrected chi connectivity index (χ0v) is 17.3. The Morgan fingerprint density at radius 3 is 2.37 bits per heavy atom. The summed E-state index contributed by atoms with van der Waals surface area (Å²) in [5.74, 6) is 2.89. The summed E-state index contributed by atoms with van der Waals surface area (Å²) >= 11 is 1.53. The Kier molecular flexibility index (Phi) is 7.91. The molecule has 0 aliphatic carbocycles. The summed E-state index contributed by atoms with van der Waals surface area (Å²) in [6, 6.07) is 7.49. The lowest BCUT2D eigenvalue weighted by Gasteiger charge is -2.13. The molecular weight excluding hydrogens is 364 g/mol. The van der Waals surface area contributed by atoms with Crippen LogP contribution in [0, 0.1) is 6.92 Å². The maximum Gasteiger partial charge on any atom is 0.342 e. The van der Waals surface area contributed by atoms with Crippen LogP contribution < -0.4 is 9.47 Å². The van der Waals surface area contributed by atoms with Gasteiger partial charge in [0.05, 0.1) is 26.5 Å². The van der Waals surface area contributed by atoms with Crippen LogP contribution >= 0.6 is 11.8 Å². The molecule has 0 spiro atoms. The first-order valence-corrected chi connectivity index (χ1v) is 9.81. The van der Waals surface area contributed by atoms with Gasteiger partial charge in [0.1, 0.15) is 27.9 Å². The van der Waals surface area contributed by atoms with E-state index in [1.165, 1.54) is 18.9 Å². The molecule has 1 heterocycles. The Hall–Kier alpha value is -2.28. The fourth-order valence-corrected chi connectivity index (χ4v) is 3.35. The summed E-state index contributed by atoms with van der Waals surface area (Å²) in [4.78, 5) is 21.1. The Balaban J connectivity index is 1.96. The largest absolute Gasteiger partial charge is 0.497 e. The third-order valence-corrected chi connectivity index (χ3v) is 4.90. The average Bonchev–Trinajstić information content (AvgIpc) is 2.67. The summed E-state index contributed by atoms with van der Waals surface area (Å²) in [6.45, 7) is 6.46. The third-order valence-electron chi connectivity index (χ3n) is 3.84. The topological polar surface area (TPSA) is 70.5 Å². The lowest BCUT2D eigenvalue weighted by molar-refractivity contribution is 0.0594. The molecule has 0 radical (unpaired) electrons. The second-order valence-corrected chi connectivity index (χ2v) is 7.30. The van der Waals surface area contributed by atoms with Gasteiger partial charge < -0.3 is 14.2 Å². The van der Waals surface area contributed by atoms with Crippen LogP contribution in [-0.4, -0.2) is 42.5 Å². The van der Waals surface area contributed by atoms with Gasteiger partial charge in [-0.05, 0) is 37.6 Å². The van der Waals surface area contributed by atoms with Gasteiger partial charge in [0.2, 0.25) is 0 Å². The minimum Gasteiger partial charge on any atom is -0.497 e. The molecular formula is C20H26N2O4S. The number of aromatic nitrogens is 2. The molecule has 2 aromatic rings. The number of hydrogen-bond donors (Lipinski definition) is 0. The number of nitrogens with zero attached hydrogens (tertiary/aromatic N) is 2. The van der Waals surface area contributed by atoms with E-state index in [0.717, 1.165) is 29.5 Å². The molecule has 0 bridgehead atoms. The highest BCUT2D eigenvalue weighted by molar-refractivity contribution is 7.99. The van der Waals surface area contributed by atoms with Crippen molar-refractivity contribution in [2.75, 3.05) is 26.6 Å².